The van der Waals surface area contributed by atoms with Crippen molar-refractivity contribution in [2.24, 2.45) is 4.99 Å². The normalized spacial score (nSPS) is 13.7. The van der Waals surface area contributed by atoms with E-state index in [1.54, 1.807) is 6.21 Å². The molecule has 0 bridgehead atoms. The lowest BCUT2D eigenvalue weighted by Crippen LogP contribution is -2.11. The van der Waals surface area contributed by atoms with Crippen LogP contribution in [0.2, 0.25) is 0 Å². The molecule has 0 unspecified atom stereocenters. The van der Waals surface area contributed by atoms with Gasteiger partial charge in [-0.25, -0.2) is 9.97 Å². The van der Waals surface area contributed by atoms with Crippen LogP contribution in [0.5, 0.6) is 0 Å². The molecule has 68 valence electrons. The Labute approximate surface area is 80.7 Å². The Hall–Kier alpha value is -1.97. The van der Waals surface area contributed by atoms with E-state index in [2.05, 4.69) is 20.3 Å². The van der Waals surface area contributed by atoms with Gasteiger partial charge in [0, 0.05) is 0 Å². The molecule has 0 saturated heterocycles. The number of anilines is 1. The molecule has 1 aliphatic rings. The van der Waals surface area contributed by atoms with Crippen LogP contribution in [-0.4, -0.2) is 22.9 Å². The molecule has 4 nitrogen and oxygen atoms in total. The molecule has 2 heterocycles. The molecule has 0 spiro atoms. The molecule has 1 aromatic heterocycles. The van der Waals surface area contributed by atoms with E-state index in [1.165, 1.54) is 0 Å². The number of fused-ring (bicyclic) bond motifs is 2. The van der Waals surface area contributed by atoms with Crippen molar-refractivity contribution < 1.29 is 0 Å². The van der Waals surface area contributed by atoms with Crippen molar-refractivity contribution in [2.75, 3.05) is 12.0 Å². The molecule has 14 heavy (non-hydrogen) atoms. The second kappa shape index (κ2) is 2.77. The highest BCUT2D eigenvalue weighted by Gasteiger charge is 2.08. The summed E-state index contributed by atoms with van der Waals surface area (Å²) in [5, 5.41) is 3.08. The molecule has 3 rings (SSSR count). The van der Waals surface area contributed by atoms with Crippen LogP contribution in [-0.2, 0) is 0 Å². The van der Waals surface area contributed by atoms with E-state index in [0.717, 1.165) is 22.5 Å². The third-order valence-corrected chi connectivity index (χ3v) is 2.15. The predicted molar refractivity (Wildman–Crippen MR) is 55.6 cm³/mol. The molecule has 0 saturated carbocycles. The Balaban J connectivity index is 2.34. The maximum atomic E-state index is 4.45. The molecule has 1 aromatic carbocycles. The second-order valence-corrected chi connectivity index (χ2v) is 3.09. The van der Waals surface area contributed by atoms with Gasteiger partial charge in [-0.1, -0.05) is 12.1 Å². The van der Waals surface area contributed by atoms with Gasteiger partial charge in [0.25, 0.3) is 0 Å². The minimum atomic E-state index is 0.583. The minimum absolute atomic E-state index is 0.583. The van der Waals surface area contributed by atoms with Crippen LogP contribution in [0.15, 0.2) is 29.3 Å². The lowest BCUT2D eigenvalue weighted by atomic mass is 10.3. The van der Waals surface area contributed by atoms with Crippen molar-refractivity contribution >= 4 is 23.1 Å². The molecule has 4 heteroatoms. The number of hydrogen-bond acceptors (Lipinski definition) is 4. The van der Waals surface area contributed by atoms with Crippen molar-refractivity contribution in [2.45, 2.75) is 0 Å². The van der Waals surface area contributed by atoms with Gasteiger partial charge in [0.2, 0.25) is 0 Å². The zero-order valence-electron chi connectivity index (χ0n) is 7.44. The summed E-state index contributed by atoms with van der Waals surface area (Å²) in [6, 6.07) is 7.82. The zero-order chi connectivity index (χ0) is 9.38. The Bertz CT molecular complexity index is 519. The van der Waals surface area contributed by atoms with Gasteiger partial charge in [0.1, 0.15) is 12.4 Å². The predicted octanol–water partition coefficient (Wildman–Crippen LogP) is 1.43. The van der Waals surface area contributed by atoms with Crippen LogP contribution in [0, 0.1) is 0 Å². The summed E-state index contributed by atoms with van der Waals surface area (Å²) in [5.74, 6) is 0.818. The monoisotopic (exact) mass is 184 g/mol. The summed E-state index contributed by atoms with van der Waals surface area (Å²) >= 11 is 0. The molecular formula is C10H8N4. The van der Waals surface area contributed by atoms with Crippen LogP contribution < -0.4 is 5.32 Å². The fourth-order valence-electron chi connectivity index (χ4n) is 1.49. The van der Waals surface area contributed by atoms with Gasteiger partial charge in [-0.15, -0.1) is 0 Å². The van der Waals surface area contributed by atoms with Gasteiger partial charge in [-0.2, -0.15) is 0 Å². The third-order valence-electron chi connectivity index (χ3n) is 2.15. The fraction of sp³-hybridized carbons (Fsp3) is 0.100. The van der Waals surface area contributed by atoms with Crippen LogP contribution in [0.1, 0.15) is 5.69 Å². The van der Waals surface area contributed by atoms with Gasteiger partial charge < -0.3 is 5.32 Å². The molecule has 1 N–H and O–H groups in total. The lowest BCUT2D eigenvalue weighted by molar-refractivity contribution is 1.08. The minimum Gasteiger partial charge on any atom is -0.349 e. The number of aliphatic imine (C=N–C) groups is 1. The van der Waals surface area contributed by atoms with E-state index in [0.29, 0.717) is 6.67 Å². The number of rotatable bonds is 0. The first-order valence-electron chi connectivity index (χ1n) is 4.44. The van der Waals surface area contributed by atoms with E-state index < -0.39 is 0 Å². The molecule has 2 aromatic rings. The molecule has 1 aliphatic heterocycles. The van der Waals surface area contributed by atoms with Crippen molar-refractivity contribution in [1.82, 2.24) is 9.97 Å². The summed E-state index contributed by atoms with van der Waals surface area (Å²) in [5.41, 5.74) is 2.63. The molecule has 0 fully saturated rings. The Morgan fingerprint density at radius 1 is 1.07 bits per heavy atom. The largest absolute Gasteiger partial charge is 0.349 e. The Kier molecular flexibility index (Phi) is 1.47. The van der Waals surface area contributed by atoms with E-state index in [4.69, 9.17) is 0 Å². The van der Waals surface area contributed by atoms with Gasteiger partial charge in [0.15, 0.2) is 5.82 Å². The molecule has 0 aliphatic carbocycles. The summed E-state index contributed by atoms with van der Waals surface area (Å²) in [6.07, 6.45) is 1.76. The summed E-state index contributed by atoms with van der Waals surface area (Å²) in [4.78, 5) is 13.0. The van der Waals surface area contributed by atoms with Crippen LogP contribution in [0.3, 0.4) is 0 Å². The van der Waals surface area contributed by atoms with Crippen LogP contribution in [0.25, 0.3) is 11.0 Å². The van der Waals surface area contributed by atoms with E-state index in [9.17, 15) is 0 Å². The van der Waals surface area contributed by atoms with Gasteiger partial charge in [-0.05, 0) is 12.1 Å². The fourth-order valence-corrected chi connectivity index (χ4v) is 1.49. The number of aromatic nitrogens is 2. The van der Waals surface area contributed by atoms with Crippen molar-refractivity contribution in [1.29, 1.82) is 0 Å². The number of para-hydroxylation sites is 2. The first kappa shape index (κ1) is 7.44. The molecule has 0 atom stereocenters. The standard InChI is InChI=1S/C10H8N4/c1-2-4-8-7(3-1)13-9-5-11-6-12-10(9)14-8/h1-5H,6H2,(H,12,14). The number of hydrogen-bond donors (Lipinski definition) is 1. The second-order valence-electron chi connectivity index (χ2n) is 3.09. The van der Waals surface area contributed by atoms with Crippen molar-refractivity contribution in [3.8, 4) is 0 Å². The Morgan fingerprint density at radius 2 is 1.86 bits per heavy atom. The molecule has 0 radical (unpaired) electrons. The number of nitrogens with zero attached hydrogens (tertiary/aromatic N) is 3. The number of benzene rings is 1. The smallest absolute Gasteiger partial charge is 0.155 e. The summed E-state index contributed by atoms with van der Waals surface area (Å²) in [7, 11) is 0. The zero-order valence-corrected chi connectivity index (χ0v) is 7.44. The quantitative estimate of drug-likeness (QED) is 0.673. The average Bonchev–Trinajstić information content (AvgIpc) is 2.26. The highest BCUT2D eigenvalue weighted by Crippen LogP contribution is 2.16. The van der Waals surface area contributed by atoms with Crippen LogP contribution in [0.4, 0.5) is 5.82 Å². The summed E-state index contributed by atoms with van der Waals surface area (Å²) in [6.45, 7) is 0.583. The van der Waals surface area contributed by atoms with Crippen LogP contribution >= 0.6 is 0 Å². The van der Waals surface area contributed by atoms with Gasteiger partial charge in [0.05, 0.1) is 17.2 Å². The maximum absolute atomic E-state index is 4.45. The number of nitrogens with one attached hydrogen (secondary N) is 1. The van der Waals surface area contributed by atoms with Crippen molar-refractivity contribution in [3.63, 3.8) is 0 Å². The topological polar surface area (TPSA) is 50.2 Å². The van der Waals surface area contributed by atoms with Gasteiger partial charge >= 0.3 is 0 Å². The van der Waals surface area contributed by atoms with Gasteiger partial charge in [-0.3, -0.25) is 4.99 Å². The first-order valence-corrected chi connectivity index (χ1v) is 4.44. The van der Waals surface area contributed by atoms with E-state index in [-0.39, 0.29) is 0 Å². The molecule has 0 amide bonds. The highest BCUT2D eigenvalue weighted by molar-refractivity contribution is 5.89. The SMILES string of the molecule is C1=NCNc2nc3ccccc3nc21. The maximum Gasteiger partial charge on any atom is 0.155 e. The molecular weight excluding hydrogens is 176 g/mol. The van der Waals surface area contributed by atoms with E-state index >= 15 is 0 Å². The summed E-state index contributed by atoms with van der Waals surface area (Å²) < 4.78 is 0. The Morgan fingerprint density at radius 3 is 2.71 bits per heavy atom. The first-order chi connectivity index (χ1) is 6.93. The lowest BCUT2D eigenvalue weighted by Gasteiger charge is -2.10. The van der Waals surface area contributed by atoms with E-state index in [1.807, 2.05) is 24.3 Å². The highest BCUT2D eigenvalue weighted by atomic mass is 15.1. The average molecular weight is 184 g/mol. The third kappa shape index (κ3) is 1.04. The van der Waals surface area contributed by atoms with Crippen molar-refractivity contribution in [3.05, 3.63) is 30.0 Å².